The summed E-state index contributed by atoms with van der Waals surface area (Å²) in [6, 6.07) is 9.85. The lowest BCUT2D eigenvalue weighted by Gasteiger charge is -2.17. The van der Waals surface area contributed by atoms with Crippen molar-refractivity contribution in [2.24, 2.45) is 0 Å². The van der Waals surface area contributed by atoms with Crippen LogP contribution in [0.3, 0.4) is 0 Å². The molecule has 0 saturated heterocycles. The topological polar surface area (TPSA) is 60.8 Å². The second-order valence-electron chi connectivity index (χ2n) is 6.76. The van der Waals surface area contributed by atoms with Gasteiger partial charge >= 0.3 is 7.12 Å². The van der Waals surface area contributed by atoms with Gasteiger partial charge in [0, 0.05) is 18.1 Å². The van der Waals surface area contributed by atoms with E-state index in [-0.39, 0.29) is 6.10 Å². The molecule has 6 heteroatoms. The van der Waals surface area contributed by atoms with Crippen molar-refractivity contribution < 1.29 is 19.2 Å². The van der Waals surface area contributed by atoms with Crippen molar-refractivity contribution in [3.05, 3.63) is 48.4 Å². The molecule has 0 bridgehead atoms. The van der Waals surface area contributed by atoms with Crippen LogP contribution in [0.1, 0.15) is 31.2 Å². The van der Waals surface area contributed by atoms with Crippen molar-refractivity contribution in [2.45, 2.75) is 38.1 Å². The largest absolute Gasteiger partial charge is 0.542 e. The minimum atomic E-state index is -0.756. The molecule has 1 aliphatic carbocycles. The van der Waals surface area contributed by atoms with Crippen LogP contribution >= 0.6 is 0 Å². The predicted molar refractivity (Wildman–Crippen MR) is 101 cm³/mol. The number of benzene rings is 1. The number of ether oxygens (including phenoxy) is 2. The summed E-state index contributed by atoms with van der Waals surface area (Å²) in [4.78, 5) is 4.50. The molecule has 2 aliphatic rings. The second kappa shape index (κ2) is 7.42. The fraction of sp³-hybridized carbons (Fsp3) is 0.350. The summed E-state index contributed by atoms with van der Waals surface area (Å²) in [7, 11) is 0.904. The van der Waals surface area contributed by atoms with Gasteiger partial charge in [-0.1, -0.05) is 0 Å². The molecular weight excluding hydrogens is 329 g/mol. The van der Waals surface area contributed by atoms with E-state index in [9.17, 15) is 5.02 Å². The van der Waals surface area contributed by atoms with Gasteiger partial charge in [0.05, 0.1) is 25.2 Å². The van der Waals surface area contributed by atoms with Gasteiger partial charge in [0.1, 0.15) is 0 Å². The number of hydrogen-bond acceptors (Lipinski definition) is 5. The molecule has 26 heavy (non-hydrogen) atoms. The van der Waals surface area contributed by atoms with E-state index in [1.165, 1.54) is 12.8 Å². The van der Waals surface area contributed by atoms with Crippen molar-refractivity contribution in [3.8, 4) is 22.8 Å². The van der Waals surface area contributed by atoms with E-state index in [4.69, 9.17) is 14.1 Å². The zero-order valence-corrected chi connectivity index (χ0v) is 14.9. The first kappa shape index (κ1) is 17.0. The quantitative estimate of drug-likeness (QED) is 0.827. The van der Waals surface area contributed by atoms with Gasteiger partial charge in [-0.25, -0.2) is 0 Å². The summed E-state index contributed by atoms with van der Waals surface area (Å²) >= 11 is 0. The van der Waals surface area contributed by atoms with Gasteiger partial charge in [-0.3, -0.25) is 4.98 Å². The Kier molecular flexibility index (Phi) is 4.84. The maximum Gasteiger partial charge on any atom is 0.526 e. The average molecular weight is 351 g/mol. The molecule has 1 saturated carbocycles. The van der Waals surface area contributed by atoms with Crippen LogP contribution in [-0.2, 0) is 4.65 Å². The van der Waals surface area contributed by atoms with Gasteiger partial charge < -0.3 is 19.2 Å². The first-order valence-corrected chi connectivity index (χ1v) is 9.07. The fourth-order valence-electron chi connectivity index (χ4n) is 3.53. The van der Waals surface area contributed by atoms with Gasteiger partial charge in [-0.05, 0) is 67.2 Å². The molecule has 0 unspecified atom stereocenters. The van der Waals surface area contributed by atoms with Crippen LogP contribution < -0.4 is 9.47 Å². The smallest absolute Gasteiger partial charge is 0.526 e. The Hall–Kier alpha value is -2.47. The standard InChI is InChI=1S/C20H22BNO4/c1-24-19-7-6-15(11-20(19)26-17-4-2-3-5-17)18-10-14(8-9-22-18)16-12-21(23)25-13-16/h6-11,13,17,23H,2-5,12H2,1H3. The van der Waals surface area contributed by atoms with Crippen molar-refractivity contribution in [3.63, 3.8) is 0 Å². The lowest BCUT2D eigenvalue weighted by Crippen LogP contribution is -2.11. The summed E-state index contributed by atoms with van der Waals surface area (Å²) in [5.41, 5.74) is 3.79. The molecule has 2 aromatic rings. The Morgan fingerprint density at radius 1 is 1.12 bits per heavy atom. The summed E-state index contributed by atoms with van der Waals surface area (Å²) in [6.07, 6.45) is 8.78. The number of aromatic nitrogens is 1. The monoisotopic (exact) mass is 351 g/mol. The molecular formula is C20H22BNO4. The van der Waals surface area contributed by atoms with Crippen LogP contribution in [0.2, 0.25) is 6.32 Å². The highest BCUT2D eigenvalue weighted by molar-refractivity contribution is 6.47. The molecule has 0 radical (unpaired) electrons. The number of pyridine rings is 1. The molecule has 1 fully saturated rings. The minimum absolute atomic E-state index is 0.265. The first-order chi connectivity index (χ1) is 12.7. The van der Waals surface area contributed by atoms with Crippen LogP contribution in [0.5, 0.6) is 11.5 Å². The Morgan fingerprint density at radius 3 is 2.69 bits per heavy atom. The maximum atomic E-state index is 9.56. The van der Waals surface area contributed by atoms with Crippen molar-refractivity contribution >= 4 is 12.7 Å². The third-order valence-corrected chi connectivity index (χ3v) is 4.95. The van der Waals surface area contributed by atoms with Gasteiger partial charge in [-0.2, -0.15) is 0 Å². The van der Waals surface area contributed by atoms with Crippen molar-refractivity contribution in [1.29, 1.82) is 0 Å². The lowest BCUT2D eigenvalue weighted by molar-refractivity contribution is 0.201. The highest BCUT2D eigenvalue weighted by Gasteiger charge is 2.24. The minimum Gasteiger partial charge on any atom is -0.542 e. The highest BCUT2D eigenvalue weighted by Crippen LogP contribution is 2.36. The normalized spacial score (nSPS) is 17.2. The molecule has 0 spiro atoms. The van der Waals surface area contributed by atoms with Gasteiger partial charge in [0.15, 0.2) is 11.5 Å². The Labute approximate surface area is 153 Å². The molecule has 134 valence electrons. The van der Waals surface area contributed by atoms with Gasteiger partial charge in [0.2, 0.25) is 0 Å². The lowest BCUT2D eigenvalue weighted by atomic mass is 9.82. The molecule has 1 aromatic heterocycles. The highest BCUT2D eigenvalue weighted by atomic mass is 16.5. The van der Waals surface area contributed by atoms with E-state index < -0.39 is 7.12 Å². The molecule has 0 amide bonds. The Morgan fingerprint density at radius 2 is 1.96 bits per heavy atom. The van der Waals surface area contributed by atoms with Crippen LogP contribution in [0.4, 0.5) is 0 Å². The van der Waals surface area contributed by atoms with Gasteiger partial charge in [0.25, 0.3) is 0 Å². The number of methoxy groups -OCH3 is 1. The molecule has 1 aliphatic heterocycles. The SMILES string of the molecule is COc1ccc(-c2cc(C3=COB(O)C3)ccn2)cc1OC1CCCC1. The molecule has 0 atom stereocenters. The number of nitrogens with zero attached hydrogens (tertiary/aromatic N) is 1. The number of allylic oxidation sites excluding steroid dienone is 1. The van der Waals surface area contributed by atoms with E-state index in [0.29, 0.717) is 6.32 Å². The van der Waals surface area contributed by atoms with Crippen molar-refractivity contribution in [1.82, 2.24) is 4.98 Å². The summed E-state index contributed by atoms with van der Waals surface area (Å²) in [5.74, 6) is 1.51. The van der Waals surface area contributed by atoms with Crippen molar-refractivity contribution in [2.75, 3.05) is 7.11 Å². The summed E-state index contributed by atoms with van der Waals surface area (Å²) in [6.45, 7) is 0. The molecule has 2 heterocycles. The van der Waals surface area contributed by atoms with Crippen LogP contribution in [0, 0.1) is 0 Å². The molecule has 1 aromatic carbocycles. The van der Waals surface area contributed by atoms with Crippen LogP contribution in [0.15, 0.2) is 42.8 Å². The van der Waals surface area contributed by atoms with Crippen LogP contribution in [-0.4, -0.2) is 30.3 Å². The molecule has 4 rings (SSSR count). The van der Waals surface area contributed by atoms with E-state index in [0.717, 1.165) is 46.7 Å². The number of rotatable bonds is 5. The van der Waals surface area contributed by atoms with Gasteiger partial charge in [-0.15, -0.1) is 0 Å². The zero-order valence-electron chi connectivity index (χ0n) is 14.9. The first-order valence-electron chi connectivity index (χ1n) is 9.07. The average Bonchev–Trinajstić information content (AvgIpc) is 3.33. The summed E-state index contributed by atoms with van der Waals surface area (Å²) < 4.78 is 16.8. The number of hydrogen-bond donors (Lipinski definition) is 1. The van der Waals surface area contributed by atoms with E-state index in [2.05, 4.69) is 4.98 Å². The maximum absolute atomic E-state index is 9.56. The van der Waals surface area contributed by atoms with Crippen LogP contribution in [0.25, 0.3) is 16.8 Å². The zero-order chi connectivity index (χ0) is 17.9. The van der Waals surface area contributed by atoms with E-state index >= 15 is 0 Å². The molecule has 5 nitrogen and oxygen atoms in total. The predicted octanol–water partition coefficient (Wildman–Crippen LogP) is 3.93. The Bertz CT molecular complexity index is 817. The van der Waals surface area contributed by atoms with E-state index in [1.807, 2.05) is 30.3 Å². The third-order valence-electron chi connectivity index (χ3n) is 4.95. The second-order valence-corrected chi connectivity index (χ2v) is 6.76. The fourth-order valence-corrected chi connectivity index (χ4v) is 3.53. The summed E-state index contributed by atoms with van der Waals surface area (Å²) in [5, 5.41) is 9.56. The molecule has 1 N–H and O–H groups in total. The Balaban J connectivity index is 1.63. The third kappa shape index (κ3) is 3.56. The van der Waals surface area contributed by atoms with E-state index in [1.54, 1.807) is 19.6 Å².